The van der Waals surface area contributed by atoms with Crippen molar-refractivity contribution in [2.45, 2.75) is 50.7 Å². The van der Waals surface area contributed by atoms with Crippen molar-refractivity contribution in [1.29, 1.82) is 0 Å². The molecule has 1 aliphatic rings. The second-order valence-corrected chi connectivity index (χ2v) is 8.64. The van der Waals surface area contributed by atoms with Gasteiger partial charge in [0, 0.05) is 30.2 Å². The maximum atomic E-state index is 13.0. The fourth-order valence-corrected chi connectivity index (χ4v) is 4.23. The van der Waals surface area contributed by atoms with Gasteiger partial charge in [-0.2, -0.15) is 4.98 Å². The van der Waals surface area contributed by atoms with Crippen molar-refractivity contribution in [3.05, 3.63) is 42.9 Å². The van der Waals surface area contributed by atoms with E-state index in [2.05, 4.69) is 25.4 Å². The summed E-state index contributed by atoms with van der Waals surface area (Å²) in [5.74, 6) is 0.375. The molecule has 0 amide bonds. The highest BCUT2D eigenvalue weighted by atomic mass is 19.3. The second kappa shape index (κ2) is 8.51. The van der Waals surface area contributed by atoms with Crippen LogP contribution in [0, 0.1) is 0 Å². The van der Waals surface area contributed by atoms with Gasteiger partial charge in [0.1, 0.15) is 5.52 Å². The molecular weight excluding hydrogens is 430 g/mol. The Morgan fingerprint density at radius 2 is 1.94 bits per heavy atom. The number of aromatic nitrogens is 5. The number of anilines is 1. The number of nitrogens with one attached hydrogen (secondary N) is 1. The third-order valence-corrected chi connectivity index (χ3v) is 6.00. The number of benzene rings is 1. The Labute approximate surface area is 188 Å². The molecular formula is C23H24F2N6O2. The highest BCUT2D eigenvalue weighted by molar-refractivity contribution is 5.89. The number of nitrogens with zero attached hydrogens (tertiary/aromatic N) is 5. The highest BCUT2D eigenvalue weighted by Gasteiger charge is 2.29. The van der Waals surface area contributed by atoms with E-state index in [1.54, 1.807) is 23.1 Å². The van der Waals surface area contributed by atoms with Gasteiger partial charge in [-0.1, -0.05) is 6.07 Å². The quantitative estimate of drug-likeness (QED) is 0.453. The molecule has 0 bridgehead atoms. The average molecular weight is 454 g/mol. The number of halogens is 2. The normalized spacial score (nSPS) is 21.1. The van der Waals surface area contributed by atoms with Crippen LogP contribution in [0.15, 0.2) is 42.9 Å². The number of hydrogen-bond donors (Lipinski definition) is 2. The summed E-state index contributed by atoms with van der Waals surface area (Å²) >= 11 is 0. The summed E-state index contributed by atoms with van der Waals surface area (Å²) < 4.78 is 32.9. The topological polar surface area (TPSA) is 97.5 Å². The summed E-state index contributed by atoms with van der Waals surface area (Å²) in [7, 11) is 0. The predicted molar refractivity (Wildman–Crippen MR) is 120 cm³/mol. The van der Waals surface area contributed by atoms with E-state index in [0.717, 1.165) is 35.0 Å². The van der Waals surface area contributed by atoms with E-state index in [1.807, 2.05) is 31.2 Å². The van der Waals surface area contributed by atoms with Crippen LogP contribution in [0.4, 0.5) is 14.7 Å². The van der Waals surface area contributed by atoms with E-state index in [1.165, 1.54) is 0 Å². The lowest BCUT2D eigenvalue weighted by Crippen LogP contribution is -2.36. The van der Waals surface area contributed by atoms with Crippen LogP contribution in [0.25, 0.3) is 27.7 Å². The molecule has 4 aromatic rings. The molecule has 0 aliphatic heterocycles. The largest absolute Gasteiger partial charge is 0.470 e. The summed E-state index contributed by atoms with van der Waals surface area (Å²) in [6.07, 6.45) is 5.22. The zero-order valence-electron chi connectivity index (χ0n) is 18.1. The van der Waals surface area contributed by atoms with Gasteiger partial charge in [-0.05, 0) is 56.4 Å². The number of hydrogen-bond acceptors (Lipinski definition) is 7. The molecule has 1 fully saturated rings. The Morgan fingerprint density at radius 1 is 1.18 bits per heavy atom. The number of ether oxygens (including phenoxy) is 1. The first-order valence-corrected chi connectivity index (χ1v) is 10.9. The standard InChI is InChI=1S/C23H24F2N6O2/c1-23(32)7-4-15(5-8-23)28-22-29-21(33-13-19(24)25)20-16(6-11-31(20)30-22)14-2-3-17-18(12-14)27-10-9-26-17/h2-3,6,9-12,15,19,32H,4-5,7-8,13H2,1H3,(H,28,30). The molecule has 1 aromatic carbocycles. The maximum absolute atomic E-state index is 13.0. The van der Waals surface area contributed by atoms with E-state index >= 15 is 0 Å². The Morgan fingerprint density at radius 3 is 2.70 bits per heavy atom. The average Bonchev–Trinajstić information content (AvgIpc) is 3.23. The summed E-state index contributed by atoms with van der Waals surface area (Å²) in [5.41, 5.74) is 2.88. The Kier molecular flexibility index (Phi) is 5.53. The third kappa shape index (κ3) is 4.56. The molecule has 0 radical (unpaired) electrons. The number of fused-ring (bicyclic) bond motifs is 2. The van der Waals surface area contributed by atoms with Crippen molar-refractivity contribution in [3.8, 4) is 17.0 Å². The SMILES string of the molecule is CC1(O)CCC(Nc2nc(OCC(F)F)c3c(-c4ccc5nccnc5c4)ccn3n2)CC1. The molecule has 2 N–H and O–H groups in total. The summed E-state index contributed by atoms with van der Waals surface area (Å²) in [4.78, 5) is 13.1. The van der Waals surface area contributed by atoms with Gasteiger partial charge in [-0.3, -0.25) is 9.97 Å². The van der Waals surface area contributed by atoms with Crippen LogP contribution in [-0.2, 0) is 0 Å². The van der Waals surface area contributed by atoms with Gasteiger partial charge in [-0.25, -0.2) is 13.3 Å². The summed E-state index contributed by atoms with van der Waals surface area (Å²) in [5, 5.41) is 18.0. The van der Waals surface area contributed by atoms with Crippen molar-refractivity contribution < 1.29 is 18.6 Å². The molecule has 0 spiro atoms. The molecule has 33 heavy (non-hydrogen) atoms. The first-order valence-electron chi connectivity index (χ1n) is 10.9. The zero-order chi connectivity index (χ0) is 23.0. The van der Waals surface area contributed by atoms with E-state index in [4.69, 9.17) is 4.74 Å². The Hall–Kier alpha value is -3.40. The lowest BCUT2D eigenvalue weighted by atomic mass is 9.84. The molecule has 1 saturated carbocycles. The molecule has 5 rings (SSSR count). The van der Waals surface area contributed by atoms with E-state index < -0.39 is 18.6 Å². The van der Waals surface area contributed by atoms with Crippen molar-refractivity contribution in [2.75, 3.05) is 11.9 Å². The van der Waals surface area contributed by atoms with Crippen LogP contribution in [0.2, 0.25) is 0 Å². The first kappa shape index (κ1) is 21.4. The van der Waals surface area contributed by atoms with Crippen molar-refractivity contribution in [1.82, 2.24) is 24.6 Å². The van der Waals surface area contributed by atoms with Crippen molar-refractivity contribution in [3.63, 3.8) is 0 Å². The predicted octanol–water partition coefficient (Wildman–Crippen LogP) is 4.09. The van der Waals surface area contributed by atoms with Gasteiger partial charge < -0.3 is 15.2 Å². The molecule has 3 heterocycles. The van der Waals surface area contributed by atoms with Gasteiger partial charge in [0.2, 0.25) is 11.8 Å². The lowest BCUT2D eigenvalue weighted by Gasteiger charge is -2.33. The van der Waals surface area contributed by atoms with Gasteiger partial charge in [0.15, 0.2) is 6.61 Å². The summed E-state index contributed by atoms with van der Waals surface area (Å²) in [6, 6.07) is 7.56. The lowest BCUT2D eigenvalue weighted by molar-refractivity contribution is 0.0195. The highest BCUT2D eigenvalue weighted by Crippen LogP contribution is 2.34. The van der Waals surface area contributed by atoms with Crippen LogP contribution in [0.1, 0.15) is 32.6 Å². The molecule has 0 unspecified atom stereocenters. The molecule has 172 valence electrons. The van der Waals surface area contributed by atoms with Gasteiger partial charge in [-0.15, -0.1) is 5.10 Å². The first-order chi connectivity index (χ1) is 15.9. The number of rotatable bonds is 6. The number of aliphatic hydroxyl groups is 1. The fourth-order valence-electron chi connectivity index (χ4n) is 4.23. The van der Waals surface area contributed by atoms with Gasteiger partial charge in [0.05, 0.1) is 16.6 Å². The minimum atomic E-state index is -2.63. The summed E-state index contributed by atoms with van der Waals surface area (Å²) in [6.45, 7) is 1.06. The smallest absolute Gasteiger partial charge is 0.272 e. The molecule has 10 heteroatoms. The minimum Gasteiger partial charge on any atom is -0.470 e. The maximum Gasteiger partial charge on any atom is 0.272 e. The fraction of sp³-hybridized carbons (Fsp3) is 0.391. The van der Waals surface area contributed by atoms with Gasteiger partial charge >= 0.3 is 0 Å². The molecule has 3 aromatic heterocycles. The van der Waals surface area contributed by atoms with E-state index in [9.17, 15) is 13.9 Å². The Bertz CT molecular complexity index is 1280. The molecule has 8 nitrogen and oxygen atoms in total. The van der Waals surface area contributed by atoms with Crippen LogP contribution >= 0.6 is 0 Å². The van der Waals surface area contributed by atoms with Crippen LogP contribution in [-0.4, -0.2) is 54.3 Å². The second-order valence-electron chi connectivity index (χ2n) is 8.64. The van der Waals surface area contributed by atoms with Crippen LogP contribution < -0.4 is 10.1 Å². The number of alkyl halides is 2. The minimum absolute atomic E-state index is 0.0786. The molecule has 0 saturated heterocycles. The Balaban J connectivity index is 1.52. The monoisotopic (exact) mass is 454 g/mol. The molecule has 1 aliphatic carbocycles. The van der Waals surface area contributed by atoms with Crippen molar-refractivity contribution >= 4 is 22.5 Å². The van der Waals surface area contributed by atoms with E-state index in [-0.39, 0.29) is 11.9 Å². The molecule has 0 atom stereocenters. The van der Waals surface area contributed by atoms with Gasteiger partial charge in [0.25, 0.3) is 6.43 Å². The van der Waals surface area contributed by atoms with Crippen LogP contribution in [0.5, 0.6) is 5.88 Å². The van der Waals surface area contributed by atoms with Crippen LogP contribution in [0.3, 0.4) is 0 Å². The van der Waals surface area contributed by atoms with E-state index in [0.29, 0.717) is 24.3 Å². The zero-order valence-corrected chi connectivity index (χ0v) is 18.1. The van der Waals surface area contributed by atoms with Crippen molar-refractivity contribution in [2.24, 2.45) is 0 Å². The third-order valence-electron chi connectivity index (χ3n) is 6.00.